The van der Waals surface area contributed by atoms with Crippen molar-refractivity contribution in [2.45, 2.75) is 45.4 Å². The molecule has 0 N–H and O–H groups in total. The SMILES string of the molecule is C=C1CC(CC2CCC(C)C2)C1. The van der Waals surface area contributed by atoms with E-state index in [1.54, 1.807) is 0 Å². The normalized spacial score (nSPS) is 36.9. The summed E-state index contributed by atoms with van der Waals surface area (Å²) in [4.78, 5) is 0. The molecule has 0 amide bonds. The van der Waals surface area contributed by atoms with Gasteiger partial charge in [0.15, 0.2) is 0 Å². The lowest BCUT2D eigenvalue weighted by Gasteiger charge is -2.30. The van der Waals surface area contributed by atoms with Crippen molar-refractivity contribution < 1.29 is 0 Å². The van der Waals surface area contributed by atoms with Gasteiger partial charge in [0.05, 0.1) is 0 Å². The van der Waals surface area contributed by atoms with Crippen LogP contribution >= 0.6 is 0 Å². The molecule has 2 fully saturated rings. The van der Waals surface area contributed by atoms with E-state index in [2.05, 4.69) is 13.5 Å². The fourth-order valence-electron chi connectivity index (χ4n) is 2.93. The van der Waals surface area contributed by atoms with E-state index in [-0.39, 0.29) is 0 Å². The molecular formula is C12H20. The van der Waals surface area contributed by atoms with Crippen molar-refractivity contribution in [1.29, 1.82) is 0 Å². The van der Waals surface area contributed by atoms with Gasteiger partial charge in [-0.05, 0) is 43.4 Å². The van der Waals surface area contributed by atoms with Crippen molar-refractivity contribution in [2.24, 2.45) is 17.8 Å². The molecule has 0 heterocycles. The summed E-state index contributed by atoms with van der Waals surface area (Å²) in [5, 5.41) is 0. The van der Waals surface area contributed by atoms with Gasteiger partial charge in [-0.1, -0.05) is 31.9 Å². The zero-order chi connectivity index (χ0) is 8.55. The van der Waals surface area contributed by atoms with Crippen LogP contribution < -0.4 is 0 Å². The summed E-state index contributed by atoms with van der Waals surface area (Å²) in [5.74, 6) is 3.10. The highest BCUT2D eigenvalue weighted by Crippen LogP contribution is 2.41. The third-order valence-electron chi connectivity index (χ3n) is 3.62. The van der Waals surface area contributed by atoms with Gasteiger partial charge >= 0.3 is 0 Å². The lowest BCUT2D eigenvalue weighted by Crippen LogP contribution is -2.16. The quantitative estimate of drug-likeness (QED) is 0.545. The lowest BCUT2D eigenvalue weighted by atomic mass is 9.75. The van der Waals surface area contributed by atoms with Gasteiger partial charge in [-0.25, -0.2) is 0 Å². The van der Waals surface area contributed by atoms with Crippen LogP contribution in [0.4, 0.5) is 0 Å². The Kier molecular flexibility index (Phi) is 2.25. The van der Waals surface area contributed by atoms with Gasteiger partial charge in [-0.3, -0.25) is 0 Å². The summed E-state index contributed by atoms with van der Waals surface area (Å²) in [5.41, 5.74) is 1.49. The smallest absolute Gasteiger partial charge is 0.0291 e. The minimum absolute atomic E-state index is 1.01. The van der Waals surface area contributed by atoms with Gasteiger partial charge in [-0.2, -0.15) is 0 Å². The van der Waals surface area contributed by atoms with Crippen LogP contribution in [-0.2, 0) is 0 Å². The molecule has 2 atom stereocenters. The van der Waals surface area contributed by atoms with E-state index in [0.29, 0.717) is 0 Å². The number of hydrogen-bond donors (Lipinski definition) is 0. The van der Waals surface area contributed by atoms with E-state index >= 15 is 0 Å². The Morgan fingerprint density at radius 3 is 2.50 bits per heavy atom. The van der Waals surface area contributed by atoms with E-state index in [1.807, 2.05) is 0 Å². The van der Waals surface area contributed by atoms with Gasteiger partial charge in [0.2, 0.25) is 0 Å². The molecule has 0 nitrogen and oxygen atoms in total. The van der Waals surface area contributed by atoms with Crippen LogP contribution in [0.1, 0.15) is 45.4 Å². The van der Waals surface area contributed by atoms with Crippen LogP contribution in [0, 0.1) is 17.8 Å². The van der Waals surface area contributed by atoms with Crippen LogP contribution in [0.5, 0.6) is 0 Å². The summed E-state index contributed by atoms with van der Waals surface area (Å²) in [6.45, 7) is 6.40. The first kappa shape index (κ1) is 8.34. The molecule has 2 rings (SSSR count). The third-order valence-corrected chi connectivity index (χ3v) is 3.62. The average molecular weight is 164 g/mol. The second kappa shape index (κ2) is 3.24. The molecule has 68 valence electrons. The zero-order valence-corrected chi connectivity index (χ0v) is 8.18. The van der Waals surface area contributed by atoms with E-state index < -0.39 is 0 Å². The average Bonchev–Trinajstić information content (AvgIpc) is 2.33. The molecule has 2 saturated carbocycles. The molecule has 0 radical (unpaired) electrons. The second-order valence-electron chi connectivity index (χ2n) is 5.04. The molecular weight excluding hydrogens is 144 g/mol. The Morgan fingerprint density at radius 1 is 1.25 bits per heavy atom. The van der Waals surface area contributed by atoms with Crippen LogP contribution in [0.2, 0.25) is 0 Å². The molecule has 0 heteroatoms. The highest BCUT2D eigenvalue weighted by Gasteiger charge is 2.28. The molecule has 12 heavy (non-hydrogen) atoms. The van der Waals surface area contributed by atoms with E-state index in [9.17, 15) is 0 Å². The van der Waals surface area contributed by atoms with Gasteiger partial charge in [0.1, 0.15) is 0 Å². The molecule has 0 aromatic carbocycles. The number of allylic oxidation sites excluding steroid dienone is 1. The van der Waals surface area contributed by atoms with Crippen molar-refractivity contribution in [3.05, 3.63) is 12.2 Å². The molecule has 0 aromatic heterocycles. The summed E-state index contributed by atoms with van der Waals surface area (Å²) < 4.78 is 0. The van der Waals surface area contributed by atoms with E-state index in [4.69, 9.17) is 0 Å². The van der Waals surface area contributed by atoms with Crippen molar-refractivity contribution in [1.82, 2.24) is 0 Å². The first-order chi connectivity index (χ1) is 5.74. The maximum Gasteiger partial charge on any atom is -0.0291 e. The molecule has 2 aliphatic carbocycles. The van der Waals surface area contributed by atoms with Crippen molar-refractivity contribution in [2.75, 3.05) is 0 Å². The molecule has 2 aliphatic rings. The summed E-state index contributed by atoms with van der Waals surface area (Å²) >= 11 is 0. The van der Waals surface area contributed by atoms with Crippen molar-refractivity contribution >= 4 is 0 Å². The van der Waals surface area contributed by atoms with E-state index in [1.165, 1.54) is 44.1 Å². The molecule has 0 saturated heterocycles. The maximum absolute atomic E-state index is 4.00. The predicted molar refractivity (Wildman–Crippen MR) is 53.0 cm³/mol. The van der Waals surface area contributed by atoms with Gasteiger partial charge < -0.3 is 0 Å². The van der Waals surface area contributed by atoms with Crippen LogP contribution in [0.25, 0.3) is 0 Å². The van der Waals surface area contributed by atoms with Crippen molar-refractivity contribution in [3.63, 3.8) is 0 Å². The van der Waals surface area contributed by atoms with Crippen LogP contribution in [-0.4, -0.2) is 0 Å². The van der Waals surface area contributed by atoms with Gasteiger partial charge in [-0.15, -0.1) is 0 Å². The predicted octanol–water partition coefficient (Wildman–Crippen LogP) is 3.78. The summed E-state index contributed by atoms with van der Waals surface area (Å²) in [6.07, 6.45) is 8.67. The first-order valence-corrected chi connectivity index (χ1v) is 5.40. The molecule has 2 unspecified atom stereocenters. The number of hydrogen-bond acceptors (Lipinski definition) is 0. The Hall–Kier alpha value is -0.260. The van der Waals surface area contributed by atoms with E-state index in [0.717, 1.165) is 17.8 Å². The Morgan fingerprint density at radius 2 is 2.00 bits per heavy atom. The highest BCUT2D eigenvalue weighted by atomic mass is 14.3. The Labute approximate surface area is 76.1 Å². The zero-order valence-electron chi connectivity index (χ0n) is 8.18. The van der Waals surface area contributed by atoms with Crippen molar-refractivity contribution in [3.8, 4) is 0 Å². The maximum atomic E-state index is 4.00. The fourth-order valence-corrected chi connectivity index (χ4v) is 2.93. The third kappa shape index (κ3) is 1.73. The minimum Gasteiger partial charge on any atom is -0.0998 e. The molecule has 0 spiro atoms. The number of rotatable bonds is 2. The second-order valence-corrected chi connectivity index (χ2v) is 5.04. The summed E-state index contributed by atoms with van der Waals surface area (Å²) in [6, 6.07) is 0. The molecule has 0 bridgehead atoms. The minimum atomic E-state index is 1.01. The van der Waals surface area contributed by atoms with Gasteiger partial charge in [0.25, 0.3) is 0 Å². The Balaban J connectivity index is 1.70. The van der Waals surface area contributed by atoms with Gasteiger partial charge in [0, 0.05) is 0 Å². The van der Waals surface area contributed by atoms with Crippen LogP contribution in [0.3, 0.4) is 0 Å². The lowest BCUT2D eigenvalue weighted by molar-refractivity contribution is 0.313. The summed E-state index contributed by atoms with van der Waals surface area (Å²) in [7, 11) is 0. The fraction of sp³-hybridized carbons (Fsp3) is 0.833. The molecule has 0 aliphatic heterocycles. The first-order valence-electron chi connectivity index (χ1n) is 5.40. The van der Waals surface area contributed by atoms with Crippen LogP contribution in [0.15, 0.2) is 12.2 Å². The highest BCUT2D eigenvalue weighted by molar-refractivity contribution is 5.07. The largest absolute Gasteiger partial charge is 0.0998 e. The Bertz CT molecular complexity index is 172. The molecule has 0 aromatic rings. The topological polar surface area (TPSA) is 0 Å². The standard InChI is InChI=1S/C12H20/c1-9-3-4-11(5-9)8-12-6-10(2)7-12/h9,11-12H,2-8H2,1H3. The monoisotopic (exact) mass is 164 g/mol.